The first kappa shape index (κ1) is 13.4. The number of benzene rings is 2. The molecule has 0 spiro atoms. The quantitative estimate of drug-likeness (QED) is 0.549. The van der Waals surface area contributed by atoms with Gasteiger partial charge >= 0.3 is 0 Å². The van der Waals surface area contributed by atoms with Gasteiger partial charge in [0.25, 0.3) is 0 Å². The fourth-order valence-electron chi connectivity index (χ4n) is 1.91. The van der Waals surface area contributed by atoms with Gasteiger partial charge in [-0.1, -0.05) is 30.3 Å². The average molecular weight is 255 g/mol. The van der Waals surface area contributed by atoms with Gasteiger partial charge in [0.2, 0.25) is 0 Å². The Morgan fingerprint density at radius 2 is 1.79 bits per heavy atom. The van der Waals surface area contributed by atoms with Gasteiger partial charge in [0.05, 0.1) is 0 Å². The van der Waals surface area contributed by atoms with Crippen LogP contribution in [-0.2, 0) is 6.54 Å². The molecule has 3 heteroatoms. The van der Waals surface area contributed by atoms with Crippen LogP contribution in [0.25, 0.3) is 0 Å². The van der Waals surface area contributed by atoms with E-state index in [1.54, 1.807) is 0 Å². The minimum Gasteiger partial charge on any atom is -0.399 e. The summed E-state index contributed by atoms with van der Waals surface area (Å²) in [6, 6.07) is 16.4. The maximum absolute atomic E-state index is 5.79. The first-order valence-electron chi connectivity index (χ1n) is 6.60. The number of hydrogen-bond donors (Lipinski definition) is 3. The van der Waals surface area contributed by atoms with Crippen LogP contribution in [0.15, 0.2) is 48.5 Å². The van der Waals surface area contributed by atoms with Crippen LogP contribution in [0.3, 0.4) is 0 Å². The Bertz CT molecular complexity index is 509. The van der Waals surface area contributed by atoms with Crippen molar-refractivity contribution in [2.24, 2.45) is 0 Å². The summed E-state index contributed by atoms with van der Waals surface area (Å²) in [4.78, 5) is 0. The summed E-state index contributed by atoms with van der Waals surface area (Å²) in [6.45, 7) is 4.76. The fourth-order valence-corrected chi connectivity index (χ4v) is 1.91. The number of nitrogens with one attached hydrogen (secondary N) is 2. The third kappa shape index (κ3) is 4.30. The highest BCUT2D eigenvalue weighted by molar-refractivity contribution is 5.56. The number of nitrogens with two attached hydrogens (primary N) is 1. The van der Waals surface area contributed by atoms with Gasteiger partial charge in [-0.25, -0.2) is 0 Å². The second-order valence-electron chi connectivity index (χ2n) is 4.66. The molecule has 0 bridgehead atoms. The predicted octanol–water partition coefficient (Wildman–Crippen LogP) is 2.78. The lowest BCUT2D eigenvalue weighted by molar-refractivity contribution is 0.707. The van der Waals surface area contributed by atoms with E-state index in [2.05, 4.69) is 41.0 Å². The molecule has 2 aromatic carbocycles. The summed E-state index contributed by atoms with van der Waals surface area (Å²) >= 11 is 0. The van der Waals surface area contributed by atoms with Gasteiger partial charge in [-0.2, -0.15) is 0 Å². The van der Waals surface area contributed by atoms with Crippen LogP contribution in [0.4, 0.5) is 11.4 Å². The zero-order valence-electron chi connectivity index (χ0n) is 11.3. The minimum absolute atomic E-state index is 0.841. The van der Waals surface area contributed by atoms with Gasteiger partial charge in [-0.3, -0.25) is 0 Å². The first-order valence-corrected chi connectivity index (χ1v) is 6.60. The van der Waals surface area contributed by atoms with Crippen LogP contribution in [0, 0.1) is 6.92 Å². The highest BCUT2D eigenvalue weighted by Gasteiger charge is 1.96. The van der Waals surface area contributed by atoms with Crippen LogP contribution in [0.1, 0.15) is 11.1 Å². The lowest BCUT2D eigenvalue weighted by Crippen LogP contribution is -2.21. The molecule has 4 N–H and O–H groups in total. The highest BCUT2D eigenvalue weighted by atomic mass is 14.9. The molecule has 0 radical (unpaired) electrons. The Hall–Kier alpha value is -2.00. The maximum atomic E-state index is 5.79. The predicted molar refractivity (Wildman–Crippen MR) is 82.2 cm³/mol. The third-order valence-electron chi connectivity index (χ3n) is 3.07. The van der Waals surface area contributed by atoms with Gasteiger partial charge in [0.1, 0.15) is 0 Å². The molecular formula is C16H21N3. The van der Waals surface area contributed by atoms with Crippen LogP contribution >= 0.6 is 0 Å². The van der Waals surface area contributed by atoms with Crippen LogP contribution in [0.2, 0.25) is 0 Å². The van der Waals surface area contributed by atoms with Gasteiger partial charge in [0, 0.05) is 31.0 Å². The summed E-state index contributed by atoms with van der Waals surface area (Å²) in [7, 11) is 0. The zero-order valence-corrected chi connectivity index (χ0v) is 11.3. The van der Waals surface area contributed by atoms with E-state index in [0.29, 0.717) is 0 Å². The molecule has 0 heterocycles. The molecule has 2 aromatic rings. The number of anilines is 2. The average Bonchev–Trinajstić information content (AvgIpc) is 2.43. The highest BCUT2D eigenvalue weighted by Crippen LogP contribution is 2.15. The van der Waals surface area contributed by atoms with Crippen molar-refractivity contribution in [3.8, 4) is 0 Å². The lowest BCUT2D eigenvalue weighted by Gasteiger charge is -2.09. The molecule has 0 unspecified atom stereocenters. The van der Waals surface area contributed by atoms with E-state index in [0.717, 1.165) is 36.6 Å². The van der Waals surface area contributed by atoms with E-state index >= 15 is 0 Å². The molecule has 0 aliphatic rings. The molecule has 0 aromatic heterocycles. The second-order valence-corrected chi connectivity index (χ2v) is 4.66. The summed E-state index contributed by atoms with van der Waals surface area (Å²) in [5.41, 5.74) is 10.2. The Kier molecular flexibility index (Phi) is 4.81. The van der Waals surface area contributed by atoms with Gasteiger partial charge in [0.15, 0.2) is 0 Å². The van der Waals surface area contributed by atoms with E-state index in [-0.39, 0.29) is 0 Å². The molecule has 2 rings (SSSR count). The molecule has 100 valence electrons. The minimum atomic E-state index is 0.841. The van der Waals surface area contributed by atoms with Crippen molar-refractivity contribution < 1.29 is 0 Å². The Morgan fingerprint density at radius 3 is 2.53 bits per heavy atom. The smallest absolute Gasteiger partial charge is 0.0345 e. The monoisotopic (exact) mass is 255 g/mol. The van der Waals surface area contributed by atoms with Crippen molar-refractivity contribution in [2.75, 3.05) is 24.1 Å². The van der Waals surface area contributed by atoms with Crippen molar-refractivity contribution in [2.45, 2.75) is 13.5 Å². The van der Waals surface area contributed by atoms with Crippen molar-refractivity contribution in [3.05, 3.63) is 59.7 Å². The Labute approximate surface area is 114 Å². The molecular weight excluding hydrogens is 234 g/mol. The zero-order chi connectivity index (χ0) is 13.5. The van der Waals surface area contributed by atoms with E-state index in [1.807, 2.05) is 25.1 Å². The van der Waals surface area contributed by atoms with Gasteiger partial charge in [-0.05, 0) is 36.2 Å². The SMILES string of the molecule is Cc1cc(NCCNCc2ccccc2)ccc1N. The molecule has 0 aliphatic heterocycles. The maximum Gasteiger partial charge on any atom is 0.0345 e. The third-order valence-corrected chi connectivity index (χ3v) is 3.07. The standard InChI is InChI=1S/C16H21N3/c1-13-11-15(7-8-16(13)17)19-10-9-18-12-14-5-3-2-4-6-14/h2-8,11,18-19H,9-10,12,17H2,1H3. The second kappa shape index (κ2) is 6.81. The van der Waals surface area contributed by atoms with E-state index < -0.39 is 0 Å². The number of nitrogen functional groups attached to an aromatic ring is 1. The summed E-state index contributed by atoms with van der Waals surface area (Å²) in [6.07, 6.45) is 0. The summed E-state index contributed by atoms with van der Waals surface area (Å²) < 4.78 is 0. The van der Waals surface area contributed by atoms with E-state index in [4.69, 9.17) is 5.73 Å². The van der Waals surface area contributed by atoms with Crippen LogP contribution in [-0.4, -0.2) is 13.1 Å². The van der Waals surface area contributed by atoms with Gasteiger partial charge < -0.3 is 16.4 Å². The van der Waals surface area contributed by atoms with Crippen LogP contribution in [0.5, 0.6) is 0 Å². The Morgan fingerprint density at radius 1 is 1.00 bits per heavy atom. The number of aryl methyl sites for hydroxylation is 1. The fraction of sp³-hybridized carbons (Fsp3) is 0.250. The van der Waals surface area contributed by atoms with Crippen molar-refractivity contribution in [1.29, 1.82) is 0 Å². The normalized spacial score (nSPS) is 10.4. The van der Waals surface area contributed by atoms with Crippen LogP contribution < -0.4 is 16.4 Å². The molecule has 0 aliphatic carbocycles. The van der Waals surface area contributed by atoms with E-state index in [9.17, 15) is 0 Å². The number of hydrogen-bond acceptors (Lipinski definition) is 3. The lowest BCUT2D eigenvalue weighted by atomic mass is 10.2. The molecule has 0 fully saturated rings. The molecule has 0 amide bonds. The Balaban J connectivity index is 1.68. The topological polar surface area (TPSA) is 50.1 Å². The van der Waals surface area contributed by atoms with Crippen molar-refractivity contribution >= 4 is 11.4 Å². The van der Waals surface area contributed by atoms with Crippen molar-refractivity contribution in [3.63, 3.8) is 0 Å². The van der Waals surface area contributed by atoms with Gasteiger partial charge in [-0.15, -0.1) is 0 Å². The first-order chi connectivity index (χ1) is 9.25. The largest absolute Gasteiger partial charge is 0.399 e. The van der Waals surface area contributed by atoms with Crippen molar-refractivity contribution in [1.82, 2.24) is 5.32 Å². The summed E-state index contributed by atoms with van der Waals surface area (Å²) in [5.74, 6) is 0. The molecule has 0 saturated carbocycles. The molecule has 19 heavy (non-hydrogen) atoms. The molecule has 3 nitrogen and oxygen atoms in total. The number of rotatable bonds is 6. The van der Waals surface area contributed by atoms with E-state index in [1.165, 1.54) is 5.56 Å². The molecule has 0 saturated heterocycles. The molecule has 0 atom stereocenters. The summed E-state index contributed by atoms with van der Waals surface area (Å²) in [5, 5.41) is 6.79.